The molecule has 0 spiro atoms. The van der Waals surface area contributed by atoms with Gasteiger partial charge in [0.15, 0.2) is 0 Å². The van der Waals surface area contributed by atoms with Gasteiger partial charge in [0.05, 0.1) is 40.4 Å². The molecule has 2 aromatic rings. The number of ether oxygens (including phenoxy) is 1. The maximum Gasteiger partial charge on any atom is 0.240 e. The number of benzene rings is 2. The van der Waals surface area contributed by atoms with Gasteiger partial charge in [-0.1, -0.05) is 24.3 Å². The fraction of sp³-hybridized carbons (Fsp3) is 0.381. The zero-order valence-corrected chi connectivity index (χ0v) is 14.7. The number of fused-ring (bicyclic) bond motifs is 6. The fourth-order valence-electron chi connectivity index (χ4n) is 5.28. The molecule has 5 rings (SSSR count). The van der Waals surface area contributed by atoms with E-state index in [4.69, 9.17) is 4.74 Å². The third-order valence-corrected chi connectivity index (χ3v) is 6.47. The summed E-state index contributed by atoms with van der Waals surface area (Å²) in [7, 11) is 0. The van der Waals surface area contributed by atoms with Gasteiger partial charge in [-0.3, -0.25) is 9.59 Å². The van der Waals surface area contributed by atoms with Crippen molar-refractivity contribution in [1.29, 1.82) is 5.26 Å². The minimum Gasteiger partial charge on any atom is -0.367 e. The molecule has 2 aromatic carbocycles. The molecule has 0 aliphatic carbocycles. The average Bonchev–Trinajstić information content (AvgIpc) is 3.18. The zero-order chi connectivity index (χ0) is 18.3. The van der Waals surface area contributed by atoms with Crippen LogP contribution >= 0.6 is 0 Å². The molecule has 5 nitrogen and oxygen atoms in total. The second-order valence-electron chi connectivity index (χ2n) is 7.98. The smallest absolute Gasteiger partial charge is 0.240 e. The van der Waals surface area contributed by atoms with Gasteiger partial charge in [-0.2, -0.15) is 5.26 Å². The normalized spacial score (nSPS) is 35.2. The molecule has 3 heterocycles. The van der Waals surface area contributed by atoms with Crippen molar-refractivity contribution in [3.63, 3.8) is 0 Å². The van der Waals surface area contributed by atoms with E-state index in [1.807, 2.05) is 38.1 Å². The first-order valence-corrected chi connectivity index (χ1v) is 8.89. The minimum absolute atomic E-state index is 0.180. The van der Waals surface area contributed by atoms with Gasteiger partial charge in [0.25, 0.3) is 0 Å². The van der Waals surface area contributed by atoms with E-state index in [1.165, 1.54) is 4.90 Å². The molecule has 0 N–H and O–H groups in total. The first kappa shape index (κ1) is 15.5. The van der Waals surface area contributed by atoms with Crippen LogP contribution in [0.5, 0.6) is 0 Å². The number of rotatable bonds is 1. The van der Waals surface area contributed by atoms with E-state index in [-0.39, 0.29) is 11.8 Å². The molecule has 3 aliphatic rings. The number of hydrogen-bond acceptors (Lipinski definition) is 4. The van der Waals surface area contributed by atoms with Gasteiger partial charge in [0.1, 0.15) is 0 Å². The molecule has 0 aromatic heterocycles. The van der Waals surface area contributed by atoms with Gasteiger partial charge < -0.3 is 4.74 Å². The van der Waals surface area contributed by atoms with E-state index in [0.29, 0.717) is 11.3 Å². The summed E-state index contributed by atoms with van der Waals surface area (Å²) in [5.41, 5.74) is -0.0337. The number of nitriles is 1. The van der Waals surface area contributed by atoms with E-state index in [2.05, 4.69) is 6.07 Å². The van der Waals surface area contributed by atoms with Crippen molar-refractivity contribution in [2.24, 2.45) is 11.8 Å². The lowest BCUT2D eigenvalue weighted by Gasteiger charge is -2.27. The van der Waals surface area contributed by atoms with Gasteiger partial charge >= 0.3 is 0 Å². The Morgan fingerprint density at radius 1 is 1.00 bits per heavy atom. The number of carbonyl (C=O) groups is 2. The van der Waals surface area contributed by atoms with Crippen molar-refractivity contribution < 1.29 is 14.3 Å². The van der Waals surface area contributed by atoms with E-state index in [0.717, 1.165) is 23.6 Å². The largest absolute Gasteiger partial charge is 0.367 e. The summed E-state index contributed by atoms with van der Waals surface area (Å²) in [6, 6.07) is 13.0. The van der Waals surface area contributed by atoms with Crippen molar-refractivity contribution >= 4 is 28.3 Å². The van der Waals surface area contributed by atoms with Crippen LogP contribution < -0.4 is 4.90 Å². The van der Waals surface area contributed by atoms with Crippen LogP contribution in [-0.2, 0) is 14.3 Å². The third kappa shape index (κ3) is 1.68. The summed E-state index contributed by atoms with van der Waals surface area (Å²) in [6.45, 7) is 3.91. The lowest BCUT2D eigenvalue weighted by atomic mass is 9.69. The summed E-state index contributed by atoms with van der Waals surface area (Å²) >= 11 is 0. The SMILES string of the molecule is CC12CCC(C)(O1)[C@H]1C(=O)N(c3ccc(C#N)c4ccccc34)C(=O)[C@H]12. The van der Waals surface area contributed by atoms with Crippen molar-refractivity contribution in [3.05, 3.63) is 42.0 Å². The van der Waals surface area contributed by atoms with Crippen LogP contribution in [0, 0.1) is 23.2 Å². The number of anilines is 1. The summed E-state index contributed by atoms with van der Waals surface area (Å²) in [5, 5.41) is 10.9. The van der Waals surface area contributed by atoms with Gasteiger partial charge in [-0.15, -0.1) is 0 Å². The van der Waals surface area contributed by atoms with Crippen LogP contribution in [0.25, 0.3) is 10.8 Å². The van der Waals surface area contributed by atoms with E-state index >= 15 is 0 Å². The lowest BCUT2D eigenvalue weighted by molar-refractivity contribution is -0.129. The lowest BCUT2D eigenvalue weighted by Crippen LogP contribution is -2.40. The van der Waals surface area contributed by atoms with Gasteiger partial charge in [-0.25, -0.2) is 4.90 Å². The minimum atomic E-state index is -0.566. The second-order valence-corrected chi connectivity index (χ2v) is 7.98. The summed E-state index contributed by atoms with van der Waals surface area (Å²) < 4.78 is 6.15. The van der Waals surface area contributed by atoms with Crippen LogP contribution in [0.3, 0.4) is 0 Å². The molecule has 0 saturated carbocycles. The third-order valence-electron chi connectivity index (χ3n) is 6.47. The van der Waals surface area contributed by atoms with E-state index in [1.54, 1.807) is 12.1 Å². The molecule has 5 heteroatoms. The first-order valence-electron chi connectivity index (χ1n) is 8.89. The molecule has 130 valence electrons. The van der Waals surface area contributed by atoms with Crippen LogP contribution in [0.15, 0.2) is 36.4 Å². The number of nitrogens with zero attached hydrogens (tertiary/aromatic N) is 2. The summed E-state index contributed by atoms with van der Waals surface area (Å²) in [4.78, 5) is 27.9. The molecule has 26 heavy (non-hydrogen) atoms. The van der Waals surface area contributed by atoms with Gasteiger partial charge in [-0.05, 0) is 38.8 Å². The monoisotopic (exact) mass is 346 g/mol. The Bertz CT molecular complexity index is 1010. The van der Waals surface area contributed by atoms with Crippen molar-refractivity contribution in [3.8, 4) is 6.07 Å². The Labute approximate surface area is 151 Å². The summed E-state index contributed by atoms with van der Waals surface area (Å²) in [6.07, 6.45) is 1.59. The molecule has 3 fully saturated rings. The second kappa shape index (κ2) is 4.72. The highest BCUT2D eigenvalue weighted by Gasteiger charge is 2.72. The highest BCUT2D eigenvalue weighted by atomic mass is 16.5. The predicted molar refractivity (Wildman–Crippen MR) is 95.3 cm³/mol. The van der Waals surface area contributed by atoms with Crippen molar-refractivity contribution in [2.75, 3.05) is 4.90 Å². The molecule has 4 atom stereocenters. The van der Waals surface area contributed by atoms with Crippen molar-refractivity contribution in [1.82, 2.24) is 0 Å². The fourth-order valence-corrected chi connectivity index (χ4v) is 5.28. The molecule has 2 bridgehead atoms. The molecular weight excluding hydrogens is 328 g/mol. The molecular formula is C21H18N2O3. The Kier molecular flexibility index (Phi) is 2.82. The molecule has 0 radical (unpaired) electrons. The van der Waals surface area contributed by atoms with Gasteiger partial charge in [0, 0.05) is 10.8 Å². The van der Waals surface area contributed by atoms with Crippen LogP contribution in [0.1, 0.15) is 32.3 Å². The Hall–Kier alpha value is -2.71. The molecule has 2 amide bonds. The van der Waals surface area contributed by atoms with Crippen LogP contribution in [0.2, 0.25) is 0 Å². The molecule has 2 unspecified atom stereocenters. The molecule has 3 aliphatic heterocycles. The quantitative estimate of drug-likeness (QED) is 0.744. The zero-order valence-electron chi connectivity index (χ0n) is 14.7. The highest BCUT2D eigenvalue weighted by molar-refractivity contribution is 6.26. The summed E-state index contributed by atoms with van der Waals surface area (Å²) in [5.74, 6) is -1.21. The maximum absolute atomic E-state index is 13.3. The van der Waals surface area contributed by atoms with Crippen LogP contribution in [0.4, 0.5) is 5.69 Å². The number of amides is 2. The predicted octanol–water partition coefficient (Wildman–Crippen LogP) is 3.16. The maximum atomic E-state index is 13.3. The first-order chi connectivity index (χ1) is 12.4. The Morgan fingerprint density at radius 2 is 1.58 bits per heavy atom. The van der Waals surface area contributed by atoms with Crippen molar-refractivity contribution in [2.45, 2.75) is 37.9 Å². The number of imide groups is 1. The van der Waals surface area contributed by atoms with Crippen LogP contribution in [-0.4, -0.2) is 23.0 Å². The number of carbonyl (C=O) groups excluding carboxylic acids is 2. The Morgan fingerprint density at radius 3 is 2.15 bits per heavy atom. The number of hydrogen-bond donors (Lipinski definition) is 0. The average molecular weight is 346 g/mol. The van der Waals surface area contributed by atoms with E-state index in [9.17, 15) is 14.9 Å². The van der Waals surface area contributed by atoms with Gasteiger partial charge in [0.2, 0.25) is 11.8 Å². The van der Waals surface area contributed by atoms with E-state index < -0.39 is 23.0 Å². The standard InChI is InChI=1S/C21H18N2O3/c1-20-9-10-21(2,26-20)17-16(20)18(24)23(19(17)25)15-8-7-12(11-22)13-5-3-4-6-14(13)15/h3-8,16-17H,9-10H2,1-2H3/t16-,17+,20?,21?. The highest BCUT2D eigenvalue weighted by Crippen LogP contribution is 2.61. The topological polar surface area (TPSA) is 70.4 Å². The Balaban J connectivity index is 1.70. The molecule has 3 saturated heterocycles.